The number of fused-ring (bicyclic) bond motifs is 1. The van der Waals surface area contributed by atoms with Crippen molar-refractivity contribution in [3.05, 3.63) is 81.8 Å². The van der Waals surface area contributed by atoms with E-state index in [1.54, 1.807) is 36.4 Å². The molecule has 4 rings (SSSR count). The number of carbonyl (C=O) groups excluding carboxylic acids is 1. The highest BCUT2D eigenvalue weighted by Crippen LogP contribution is 2.27. The number of aromatic nitrogens is 2. The number of anilines is 1. The second-order valence-corrected chi connectivity index (χ2v) is 8.32. The maximum absolute atomic E-state index is 12.9. The third-order valence-electron chi connectivity index (χ3n) is 5.34. The van der Waals surface area contributed by atoms with Gasteiger partial charge >= 0.3 is 11.9 Å². The molecule has 0 radical (unpaired) electrons. The molecule has 32 heavy (non-hydrogen) atoms. The lowest BCUT2D eigenvalue weighted by atomic mass is 10.1. The molecule has 162 valence electrons. The molecule has 8 heteroatoms. The van der Waals surface area contributed by atoms with Crippen LogP contribution < -0.4 is 14.5 Å². The van der Waals surface area contributed by atoms with Crippen LogP contribution in [0.3, 0.4) is 0 Å². The molecule has 4 aromatic rings. The summed E-state index contributed by atoms with van der Waals surface area (Å²) in [6.45, 7) is 3.79. The summed E-state index contributed by atoms with van der Waals surface area (Å²) in [4.78, 5) is 12.9. The molecule has 0 atom stereocenters. The van der Waals surface area contributed by atoms with E-state index in [1.165, 1.54) is 15.2 Å². The summed E-state index contributed by atoms with van der Waals surface area (Å²) < 4.78 is 2.64. The summed E-state index contributed by atoms with van der Waals surface area (Å²) in [5.74, 6) is -0.521. The van der Waals surface area contributed by atoms with Crippen LogP contribution in [0.25, 0.3) is 16.6 Å². The lowest BCUT2D eigenvalue weighted by Gasteiger charge is -2.08. The van der Waals surface area contributed by atoms with E-state index in [-0.39, 0.29) is 29.4 Å². The Balaban J connectivity index is 1.80. The highest BCUT2D eigenvalue weighted by atomic mass is 35.5. The number of nitrogens with one attached hydrogen (secondary N) is 1. The lowest BCUT2D eigenvalue weighted by Crippen LogP contribution is -2.49. The SMILES string of the molecule is Cc1ccc(NC(=O)C[n+]2c(O)[n+](-c3ccc(Cl)c(Cl)c3)c(O)c3ccccc32)cc1C. The number of para-hydroxylation sites is 1. The molecule has 3 aromatic carbocycles. The number of nitrogens with zero attached hydrogens (tertiary/aromatic N) is 2. The Morgan fingerprint density at radius 3 is 2.41 bits per heavy atom. The maximum atomic E-state index is 12.9. The Labute approximate surface area is 194 Å². The fourth-order valence-electron chi connectivity index (χ4n) is 3.52. The zero-order valence-corrected chi connectivity index (χ0v) is 18.9. The molecule has 0 fully saturated rings. The van der Waals surface area contributed by atoms with Gasteiger partial charge in [-0.1, -0.05) is 46.0 Å². The van der Waals surface area contributed by atoms with E-state index < -0.39 is 0 Å². The van der Waals surface area contributed by atoms with Gasteiger partial charge in [-0.25, -0.2) is 0 Å². The van der Waals surface area contributed by atoms with Crippen molar-refractivity contribution in [3.63, 3.8) is 0 Å². The number of amides is 1. The molecule has 1 heterocycles. The Bertz CT molecular complexity index is 1370. The molecule has 6 nitrogen and oxygen atoms in total. The van der Waals surface area contributed by atoms with E-state index in [9.17, 15) is 15.0 Å². The Hall–Kier alpha value is -3.35. The quantitative estimate of drug-likeness (QED) is 0.388. The van der Waals surface area contributed by atoms with Crippen LogP contribution in [-0.2, 0) is 11.3 Å². The average molecular weight is 470 g/mol. The van der Waals surface area contributed by atoms with Crippen LogP contribution in [0.4, 0.5) is 5.69 Å². The van der Waals surface area contributed by atoms with Gasteiger partial charge in [0.15, 0.2) is 5.39 Å². The summed E-state index contributed by atoms with van der Waals surface area (Å²) in [5.41, 5.74) is 3.74. The zero-order valence-electron chi connectivity index (χ0n) is 17.4. The van der Waals surface area contributed by atoms with Gasteiger partial charge in [0.25, 0.3) is 5.91 Å². The van der Waals surface area contributed by atoms with E-state index >= 15 is 0 Å². The zero-order chi connectivity index (χ0) is 23.0. The van der Waals surface area contributed by atoms with Crippen molar-refractivity contribution in [2.24, 2.45) is 0 Å². The van der Waals surface area contributed by atoms with Crippen LogP contribution >= 0.6 is 23.2 Å². The Morgan fingerprint density at radius 2 is 1.69 bits per heavy atom. The summed E-state index contributed by atoms with van der Waals surface area (Å²) in [5, 5.41) is 25.9. The minimum absolute atomic E-state index is 0.180. The topological polar surface area (TPSA) is 77.3 Å². The van der Waals surface area contributed by atoms with Gasteiger partial charge in [0.05, 0.1) is 10.0 Å². The summed E-state index contributed by atoms with van der Waals surface area (Å²) in [6.07, 6.45) is 0. The predicted octanol–water partition coefficient (Wildman–Crippen LogP) is 4.38. The first-order valence-corrected chi connectivity index (χ1v) is 10.6. The van der Waals surface area contributed by atoms with Gasteiger partial charge in [-0.2, -0.15) is 0 Å². The number of hydrogen-bond acceptors (Lipinski definition) is 3. The van der Waals surface area contributed by atoms with Gasteiger partial charge < -0.3 is 15.5 Å². The fourth-order valence-corrected chi connectivity index (χ4v) is 3.82. The van der Waals surface area contributed by atoms with Crippen LogP contribution in [0.5, 0.6) is 11.9 Å². The molecule has 0 unspecified atom stereocenters. The van der Waals surface area contributed by atoms with Crippen LogP contribution in [0.2, 0.25) is 10.0 Å². The van der Waals surface area contributed by atoms with Gasteiger partial charge in [0.1, 0.15) is 0 Å². The van der Waals surface area contributed by atoms with Gasteiger partial charge in [-0.3, -0.25) is 4.79 Å². The van der Waals surface area contributed by atoms with E-state index in [0.29, 0.717) is 27.3 Å². The maximum Gasteiger partial charge on any atom is 0.638 e. The highest BCUT2D eigenvalue weighted by Gasteiger charge is 2.36. The van der Waals surface area contributed by atoms with Gasteiger partial charge in [-0.15, -0.1) is 0 Å². The first-order valence-electron chi connectivity index (χ1n) is 9.87. The number of aryl methyl sites for hydroxylation is 2. The van der Waals surface area contributed by atoms with Crippen molar-refractivity contribution in [3.8, 4) is 17.6 Å². The van der Waals surface area contributed by atoms with E-state index in [2.05, 4.69) is 5.32 Å². The number of aromatic hydroxyl groups is 2. The van der Waals surface area contributed by atoms with Crippen LogP contribution in [0.15, 0.2) is 60.7 Å². The monoisotopic (exact) mass is 469 g/mol. The van der Waals surface area contributed by atoms with Gasteiger partial charge in [0.2, 0.25) is 17.7 Å². The van der Waals surface area contributed by atoms with Crippen LogP contribution in [0.1, 0.15) is 11.1 Å². The average Bonchev–Trinajstić information content (AvgIpc) is 2.76. The van der Waals surface area contributed by atoms with Crippen molar-refractivity contribution in [2.75, 3.05) is 5.32 Å². The molecular weight excluding hydrogens is 449 g/mol. The third-order valence-corrected chi connectivity index (χ3v) is 6.08. The molecule has 0 aliphatic carbocycles. The molecular formula is C24H21Cl2N3O3+2. The number of rotatable bonds is 4. The Morgan fingerprint density at radius 1 is 0.938 bits per heavy atom. The smallest absolute Gasteiger partial charge is 0.459 e. The first kappa shape index (κ1) is 21.9. The normalized spacial score (nSPS) is 11.0. The molecule has 0 aliphatic heterocycles. The molecule has 0 saturated carbocycles. The minimum atomic E-state index is -0.338. The van der Waals surface area contributed by atoms with Crippen molar-refractivity contribution in [2.45, 2.75) is 20.4 Å². The highest BCUT2D eigenvalue weighted by molar-refractivity contribution is 6.42. The fraction of sp³-hybridized carbons (Fsp3) is 0.125. The summed E-state index contributed by atoms with van der Waals surface area (Å²) in [7, 11) is 0. The number of carbonyl (C=O) groups is 1. The second-order valence-electron chi connectivity index (χ2n) is 7.51. The molecule has 1 aromatic heterocycles. The van der Waals surface area contributed by atoms with E-state index in [0.717, 1.165) is 11.1 Å². The van der Waals surface area contributed by atoms with Crippen molar-refractivity contribution in [1.82, 2.24) is 0 Å². The molecule has 3 N–H and O–H groups in total. The largest absolute Gasteiger partial charge is 0.638 e. The van der Waals surface area contributed by atoms with Gasteiger partial charge in [0, 0.05) is 23.9 Å². The molecule has 0 spiro atoms. The first-order chi connectivity index (χ1) is 15.3. The summed E-state index contributed by atoms with van der Waals surface area (Å²) in [6, 6.07) is 17.0. The molecule has 0 bridgehead atoms. The number of hydrogen-bond donors (Lipinski definition) is 3. The second kappa shape index (κ2) is 8.65. The number of benzene rings is 3. The van der Waals surface area contributed by atoms with Crippen molar-refractivity contribution < 1.29 is 24.1 Å². The van der Waals surface area contributed by atoms with Crippen molar-refractivity contribution in [1.29, 1.82) is 0 Å². The van der Waals surface area contributed by atoms with E-state index in [4.69, 9.17) is 23.2 Å². The van der Waals surface area contributed by atoms with E-state index in [1.807, 2.05) is 32.0 Å². The Kier molecular flexibility index (Phi) is 5.91. The summed E-state index contributed by atoms with van der Waals surface area (Å²) >= 11 is 12.2. The predicted molar refractivity (Wildman–Crippen MR) is 124 cm³/mol. The standard InChI is InChI=1S/C24H19Cl2N3O3/c1-14-7-8-16(11-15(14)2)27-22(30)13-28-21-6-4-3-5-18(21)23(31)29(24(28)32)17-9-10-19(25)20(26)12-17/h3-12H,13H2,1-2H3,(H,27,30)/p+2. The third kappa shape index (κ3) is 4.07. The number of halogens is 2. The lowest BCUT2D eigenvalue weighted by molar-refractivity contribution is -0.774. The molecule has 0 aliphatic rings. The van der Waals surface area contributed by atoms with Crippen LogP contribution in [0, 0.1) is 13.8 Å². The van der Waals surface area contributed by atoms with Crippen LogP contribution in [-0.4, -0.2) is 16.1 Å². The molecule has 0 saturated heterocycles. The minimum Gasteiger partial charge on any atom is -0.459 e. The van der Waals surface area contributed by atoms with Gasteiger partial charge in [-0.05, 0) is 53.8 Å². The van der Waals surface area contributed by atoms with Crippen molar-refractivity contribution >= 4 is 45.7 Å². The molecule has 1 amide bonds.